The number of aryl methyl sites for hydroxylation is 1. The van der Waals surface area contributed by atoms with Crippen molar-refractivity contribution in [2.24, 2.45) is 0 Å². The minimum atomic E-state index is 0.0841. The average molecular weight is 240 g/mol. The molecule has 5 nitrogen and oxygen atoms in total. The van der Waals surface area contributed by atoms with Gasteiger partial charge in [0, 0.05) is 25.7 Å². The Kier molecular flexibility index (Phi) is 3.50. The molecule has 2 rings (SSSR count). The lowest BCUT2D eigenvalue weighted by atomic mass is 10.2. The van der Waals surface area contributed by atoms with Crippen molar-refractivity contribution in [3.05, 3.63) is 10.6 Å². The molecule has 1 fully saturated rings. The van der Waals surface area contributed by atoms with E-state index in [2.05, 4.69) is 21.8 Å². The van der Waals surface area contributed by atoms with Crippen molar-refractivity contribution in [2.75, 3.05) is 19.6 Å². The summed E-state index contributed by atoms with van der Waals surface area (Å²) in [5, 5.41) is 7.25. The van der Waals surface area contributed by atoms with Crippen LogP contribution in [-0.4, -0.2) is 46.1 Å². The molecule has 1 aromatic heterocycles. The summed E-state index contributed by atoms with van der Waals surface area (Å²) in [5.41, 5.74) is 0.820. The number of piperazine rings is 1. The van der Waals surface area contributed by atoms with Crippen LogP contribution in [0.15, 0.2) is 0 Å². The van der Waals surface area contributed by atoms with E-state index in [1.54, 1.807) is 0 Å². The fourth-order valence-electron chi connectivity index (χ4n) is 1.88. The van der Waals surface area contributed by atoms with Crippen LogP contribution in [0.5, 0.6) is 0 Å². The Morgan fingerprint density at radius 2 is 2.50 bits per heavy atom. The monoisotopic (exact) mass is 240 g/mol. The number of carbonyl (C=O) groups is 1. The molecule has 0 aliphatic carbocycles. The van der Waals surface area contributed by atoms with Gasteiger partial charge in [-0.2, -0.15) is 0 Å². The number of amides is 1. The summed E-state index contributed by atoms with van der Waals surface area (Å²) in [6, 6.07) is 0.244. The number of carbonyl (C=O) groups excluding carboxylic acids is 1. The molecule has 0 aromatic carbocycles. The number of nitrogens with one attached hydrogen (secondary N) is 1. The van der Waals surface area contributed by atoms with E-state index in [9.17, 15) is 4.79 Å². The zero-order valence-electron chi connectivity index (χ0n) is 9.56. The van der Waals surface area contributed by atoms with Crippen LogP contribution in [0, 0.1) is 0 Å². The summed E-state index contributed by atoms with van der Waals surface area (Å²) in [7, 11) is 0. The van der Waals surface area contributed by atoms with Crippen molar-refractivity contribution in [1.29, 1.82) is 0 Å². The smallest absolute Gasteiger partial charge is 0.267 e. The number of aromatic nitrogens is 2. The fourth-order valence-corrected chi connectivity index (χ4v) is 2.58. The highest BCUT2D eigenvalue weighted by atomic mass is 32.1. The fraction of sp³-hybridized carbons (Fsp3) is 0.700. The van der Waals surface area contributed by atoms with Crippen LogP contribution in [0.3, 0.4) is 0 Å². The lowest BCUT2D eigenvalue weighted by molar-refractivity contribution is 0.0659. The van der Waals surface area contributed by atoms with Crippen LogP contribution in [0.1, 0.15) is 29.2 Å². The van der Waals surface area contributed by atoms with Crippen molar-refractivity contribution >= 4 is 17.4 Å². The molecule has 0 unspecified atom stereocenters. The minimum Gasteiger partial charge on any atom is -0.333 e. The normalized spacial score (nSPS) is 21.1. The van der Waals surface area contributed by atoms with Gasteiger partial charge in [-0.3, -0.25) is 4.79 Å². The Morgan fingerprint density at radius 3 is 3.19 bits per heavy atom. The number of nitrogens with zero attached hydrogens (tertiary/aromatic N) is 3. The zero-order chi connectivity index (χ0) is 11.5. The third-order valence-electron chi connectivity index (χ3n) is 2.85. The molecule has 16 heavy (non-hydrogen) atoms. The van der Waals surface area contributed by atoms with E-state index in [4.69, 9.17) is 0 Å². The van der Waals surface area contributed by atoms with Crippen molar-refractivity contribution in [1.82, 2.24) is 19.8 Å². The van der Waals surface area contributed by atoms with Crippen LogP contribution >= 0.6 is 11.5 Å². The van der Waals surface area contributed by atoms with E-state index in [-0.39, 0.29) is 11.9 Å². The van der Waals surface area contributed by atoms with E-state index < -0.39 is 0 Å². The molecule has 1 aromatic rings. The van der Waals surface area contributed by atoms with Crippen molar-refractivity contribution < 1.29 is 4.79 Å². The first-order valence-corrected chi connectivity index (χ1v) is 6.34. The Hall–Kier alpha value is -1.01. The molecule has 1 aliphatic heterocycles. The number of hydrogen-bond donors (Lipinski definition) is 1. The van der Waals surface area contributed by atoms with E-state index in [1.165, 1.54) is 11.5 Å². The van der Waals surface area contributed by atoms with Crippen molar-refractivity contribution in [2.45, 2.75) is 26.3 Å². The zero-order valence-corrected chi connectivity index (χ0v) is 10.4. The molecule has 6 heteroatoms. The van der Waals surface area contributed by atoms with E-state index >= 15 is 0 Å². The summed E-state index contributed by atoms with van der Waals surface area (Å²) in [5.74, 6) is 0.0841. The predicted octanol–water partition coefficient (Wildman–Crippen LogP) is 0.534. The van der Waals surface area contributed by atoms with E-state index in [0.717, 1.165) is 31.7 Å². The maximum absolute atomic E-state index is 12.3. The van der Waals surface area contributed by atoms with Gasteiger partial charge in [0.1, 0.15) is 4.88 Å². The molecule has 0 radical (unpaired) electrons. The molecule has 0 saturated carbocycles. The Morgan fingerprint density at radius 1 is 1.69 bits per heavy atom. The highest BCUT2D eigenvalue weighted by Crippen LogP contribution is 2.16. The second-order valence-electron chi connectivity index (χ2n) is 3.95. The standard InChI is InChI=1S/C10H16N4OS/c1-3-8-9(16-13-12-8)10(15)14-5-4-11-6-7(14)2/h7,11H,3-6H2,1-2H3/t7-/m0/s1. The van der Waals surface area contributed by atoms with Crippen LogP contribution in [0.4, 0.5) is 0 Å². The molecule has 1 atom stereocenters. The molecular formula is C10H16N4OS. The summed E-state index contributed by atoms with van der Waals surface area (Å²) in [4.78, 5) is 14.9. The summed E-state index contributed by atoms with van der Waals surface area (Å²) >= 11 is 1.21. The largest absolute Gasteiger partial charge is 0.333 e. The second-order valence-corrected chi connectivity index (χ2v) is 4.71. The van der Waals surface area contributed by atoms with Crippen LogP contribution in [0.2, 0.25) is 0 Å². The van der Waals surface area contributed by atoms with E-state index in [1.807, 2.05) is 11.8 Å². The third-order valence-corrected chi connectivity index (χ3v) is 3.60. The van der Waals surface area contributed by atoms with Crippen molar-refractivity contribution in [3.8, 4) is 0 Å². The SMILES string of the molecule is CCc1nnsc1C(=O)N1CCNC[C@@H]1C. The first-order chi connectivity index (χ1) is 7.74. The van der Waals surface area contributed by atoms with Gasteiger partial charge in [-0.25, -0.2) is 0 Å². The number of hydrogen-bond acceptors (Lipinski definition) is 5. The Labute approximate surface area is 99.0 Å². The van der Waals surface area contributed by atoms with Crippen LogP contribution in [-0.2, 0) is 6.42 Å². The Bertz CT molecular complexity index is 379. The highest BCUT2D eigenvalue weighted by Gasteiger charge is 2.27. The summed E-state index contributed by atoms with van der Waals surface area (Å²) in [6.45, 7) is 6.54. The third kappa shape index (κ3) is 2.08. The van der Waals surface area contributed by atoms with E-state index in [0.29, 0.717) is 4.88 Å². The molecule has 88 valence electrons. The highest BCUT2D eigenvalue weighted by molar-refractivity contribution is 7.08. The van der Waals surface area contributed by atoms with Gasteiger partial charge in [0.05, 0.1) is 5.69 Å². The summed E-state index contributed by atoms with van der Waals surface area (Å²) in [6.07, 6.45) is 0.762. The molecule has 1 amide bonds. The molecule has 1 N–H and O–H groups in total. The lowest BCUT2D eigenvalue weighted by Gasteiger charge is -2.33. The molecule has 1 aliphatic rings. The van der Waals surface area contributed by atoms with Crippen molar-refractivity contribution in [3.63, 3.8) is 0 Å². The maximum Gasteiger partial charge on any atom is 0.267 e. The first kappa shape index (κ1) is 11.5. The van der Waals surface area contributed by atoms with Gasteiger partial charge < -0.3 is 10.2 Å². The first-order valence-electron chi connectivity index (χ1n) is 5.57. The van der Waals surface area contributed by atoms with Gasteiger partial charge in [0.25, 0.3) is 5.91 Å². The van der Waals surface area contributed by atoms with Crippen LogP contribution in [0.25, 0.3) is 0 Å². The molecule has 2 heterocycles. The van der Waals surface area contributed by atoms with Gasteiger partial charge in [0.15, 0.2) is 0 Å². The molecule has 0 bridgehead atoms. The van der Waals surface area contributed by atoms with Crippen LogP contribution < -0.4 is 5.32 Å². The number of rotatable bonds is 2. The lowest BCUT2D eigenvalue weighted by Crippen LogP contribution is -2.52. The van der Waals surface area contributed by atoms with Gasteiger partial charge >= 0.3 is 0 Å². The second kappa shape index (κ2) is 4.88. The Balaban J connectivity index is 2.17. The molecule has 1 saturated heterocycles. The molecule has 0 spiro atoms. The average Bonchev–Trinajstić information content (AvgIpc) is 2.77. The van der Waals surface area contributed by atoms with Gasteiger partial charge in [-0.1, -0.05) is 11.4 Å². The maximum atomic E-state index is 12.3. The van der Waals surface area contributed by atoms with Gasteiger partial charge in [-0.15, -0.1) is 5.10 Å². The molecular weight excluding hydrogens is 224 g/mol. The predicted molar refractivity (Wildman–Crippen MR) is 62.7 cm³/mol. The quantitative estimate of drug-likeness (QED) is 0.819. The minimum absolute atomic E-state index is 0.0841. The van der Waals surface area contributed by atoms with Gasteiger partial charge in [0.2, 0.25) is 0 Å². The topological polar surface area (TPSA) is 58.1 Å². The van der Waals surface area contributed by atoms with Gasteiger partial charge in [-0.05, 0) is 24.9 Å². The summed E-state index contributed by atoms with van der Waals surface area (Å²) < 4.78 is 3.86.